The Morgan fingerprint density at radius 1 is 1.00 bits per heavy atom. The summed E-state index contributed by atoms with van der Waals surface area (Å²) in [4.78, 5) is 0.148. The summed E-state index contributed by atoms with van der Waals surface area (Å²) in [6.07, 6.45) is 0. The van der Waals surface area contributed by atoms with Gasteiger partial charge in [0.05, 0.1) is 4.90 Å². The lowest BCUT2D eigenvalue weighted by Crippen LogP contribution is -1.97. The van der Waals surface area contributed by atoms with Crippen molar-refractivity contribution in [2.45, 2.75) is 4.90 Å². The minimum atomic E-state index is -3.74. The molecular formula is C13H10N5O2S-. The lowest BCUT2D eigenvalue weighted by molar-refractivity contribution is 0.603. The first kappa shape index (κ1) is 13.3. The molecule has 7 nitrogen and oxygen atoms in total. The Morgan fingerprint density at radius 2 is 1.81 bits per heavy atom. The van der Waals surface area contributed by atoms with Gasteiger partial charge in [0.2, 0.25) is 5.82 Å². The molecule has 0 radical (unpaired) electrons. The van der Waals surface area contributed by atoms with Crippen LogP contribution in [-0.2, 0) is 10.0 Å². The second-order valence-electron chi connectivity index (χ2n) is 4.17. The second-order valence-corrected chi connectivity index (χ2v) is 5.77. The average Bonchev–Trinajstić information content (AvgIpc) is 3.02. The van der Waals surface area contributed by atoms with Gasteiger partial charge in [-0.05, 0) is 17.3 Å². The van der Waals surface area contributed by atoms with Crippen molar-refractivity contribution >= 4 is 15.7 Å². The van der Waals surface area contributed by atoms with Crippen molar-refractivity contribution in [1.29, 1.82) is 0 Å². The molecule has 0 aliphatic carbocycles. The zero-order chi connectivity index (χ0) is 14.7. The molecule has 0 bridgehead atoms. The van der Waals surface area contributed by atoms with Gasteiger partial charge in [-0.15, -0.1) is 15.9 Å². The number of sulfonamides is 1. The molecule has 0 unspecified atom stereocenters. The quantitative estimate of drug-likeness (QED) is 0.796. The monoisotopic (exact) mass is 300 g/mol. The van der Waals surface area contributed by atoms with Crippen molar-refractivity contribution in [3.63, 3.8) is 0 Å². The molecule has 0 fully saturated rings. The Balaban J connectivity index is 1.91. The molecule has 0 aliphatic heterocycles. The number of hydrogen-bond donors (Lipinski definition) is 1. The van der Waals surface area contributed by atoms with Crippen molar-refractivity contribution in [3.8, 4) is 11.4 Å². The topological polar surface area (TPSA) is 103 Å². The largest absolute Gasteiger partial charge is 0.573 e. The van der Waals surface area contributed by atoms with Crippen molar-refractivity contribution < 1.29 is 8.42 Å². The molecule has 0 spiro atoms. The van der Waals surface area contributed by atoms with Crippen LogP contribution in [0.4, 0.5) is 5.69 Å². The van der Waals surface area contributed by atoms with Crippen LogP contribution >= 0.6 is 0 Å². The third-order valence-electron chi connectivity index (χ3n) is 2.72. The van der Waals surface area contributed by atoms with Gasteiger partial charge in [0.1, 0.15) is 10.0 Å². The van der Waals surface area contributed by atoms with Gasteiger partial charge in [0, 0.05) is 5.56 Å². The van der Waals surface area contributed by atoms with Crippen LogP contribution < -0.4 is 0 Å². The maximum absolute atomic E-state index is 12.2. The summed E-state index contributed by atoms with van der Waals surface area (Å²) in [7, 11) is -3.74. The molecule has 0 aliphatic rings. The zero-order valence-electron chi connectivity index (χ0n) is 10.7. The molecule has 0 saturated carbocycles. The molecule has 3 rings (SSSR count). The fourth-order valence-electron chi connectivity index (χ4n) is 1.77. The van der Waals surface area contributed by atoms with Gasteiger partial charge in [-0.25, -0.2) is 8.42 Å². The Kier molecular flexibility index (Phi) is 3.36. The third-order valence-corrected chi connectivity index (χ3v) is 4.04. The van der Waals surface area contributed by atoms with Gasteiger partial charge in [0.15, 0.2) is 0 Å². The maximum Gasteiger partial charge on any atom is 0.204 e. The molecule has 0 amide bonds. The minimum absolute atomic E-state index is 0.148. The van der Waals surface area contributed by atoms with Crippen LogP contribution in [0.15, 0.2) is 59.5 Å². The van der Waals surface area contributed by atoms with E-state index in [0.717, 1.165) is 0 Å². The molecular weight excluding hydrogens is 290 g/mol. The number of nitrogens with one attached hydrogen (secondary N) is 1. The van der Waals surface area contributed by atoms with Crippen LogP contribution in [0.5, 0.6) is 0 Å². The van der Waals surface area contributed by atoms with Crippen LogP contribution in [0.25, 0.3) is 16.1 Å². The zero-order valence-corrected chi connectivity index (χ0v) is 11.5. The predicted octanol–water partition coefficient (Wildman–Crippen LogP) is 2.26. The van der Waals surface area contributed by atoms with E-state index in [4.69, 9.17) is 0 Å². The highest BCUT2D eigenvalue weighted by Gasteiger charge is 2.05. The lowest BCUT2D eigenvalue weighted by Gasteiger charge is -2.22. The van der Waals surface area contributed by atoms with E-state index in [-0.39, 0.29) is 4.90 Å². The van der Waals surface area contributed by atoms with Gasteiger partial charge < -0.3 is 4.72 Å². The van der Waals surface area contributed by atoms with E-state index in [0.29, 0.717) is 17.1 Å². The minimum Gasteiger partial charge on any atom is -0.573 e. The van der Waals surface area contributed by atoms with Crippen molar-refractivity contribution in [3.05, 3.63) is 59.3 Å². The number of tetrazole rings is 1. The number of hydrogen-bond acceptors (Lipinski definition) is 5. The number of aromatic nitrogens is 4. The maximum atomic E-state index is 12.2. The molecule has 3 aromatic rings. The highest BCUT2D eigenvalue weighted by molar-refractivity contribution is 7.94. The first-order valence-electron chi connectivity index (χ1n) is 6.02. The summed E-state index contributed by atoms with van der Waals surface area (Å²) in [5.41, 5.74) is 0.939. The Hall–Kier alpha value is -2.74. The van der Waals surface area contributed by atoms with Gasteiger partial charge in [-0.1, -0.05) is 42.5 Å². The highest BCUT2D eigenvalue weighted by atomic mass is 32.2. The number of benzene rings is 2. The van der Waals surface area contributed by atoms with Gasteiger partial charge >= 0.3 is 0 Å². The van der Waals surface area contributed by atoms with Crippen LogP contribution in [0, 0.1) is 0 Å². The Bertz CT molecular complexity index is 832. The van der Waals surface area contributed by atoms with E-state index in [1.807, 2.05) is 0 Å². The van der Waals surface area contributed by atoms with E-state index in [1.165, 1.54) is 12.1 Å². The van der Waals surface area contributed by atoms with Crippen LogP contribution in [0.3, 0.4) is 0 Å². The predicted molar refractivity (Wildman–Crippen MR) is 76.3 cm³/mol. The average molecular weight is 300 g/mol. The van der Waals surface area contributed by atoms with Crippen LogP contribution in [-0.4, -0.2) is 29.0 Å². The highest BCUT2D eigenvalue weighted by Crippen LogP contribution is 2.30. The van der Waals surface area contributed by atoms with Crippen molar-refractivity contribution in [2.24, 2.45) is 0 Å². The van der Waals surface area contributed by atoms with E-state index < -0.39 is 10.0 Å². The molecule has 0 saturated heterocycles. The number of rotatable bonds is 4. The molecule has 106 valence electrons. The van der Waals surface area contributed by atoms with Crippen molar-refractivity contribution in [1.82, 2.24) is 20.6 Å². The number of H-pyrrole nitrogens is 1. The SMILES string of the molecule is O=S(=O)([N-]c1cccc(-c2nn[nH]n2)c1)c1ccccc1. The summed E-state index contributed by atoms with van der Waals surface area (Å²) in [5.74, 6) is 0.379. The second kappa shape index (κ2) is 5.33. The van der Waals surface area contributed by atoms with Gasteiger partial charge in [-0.2, -0.15) is 5.21 Å². The van der Waals surface area contributed by atoms with E-state index in [2.05, 4.69) is 25.3 Å². The molecule has 1 heterocycles. The molecule has 8 heteroatoms. The van der Waals surface area contributed by atoms with E-state index >= 15 is 0 Å². The standard InChI is InChI=1S/C13H10N5O2S/c19-21(20,12-7-2-1-3-8-12)16-11-6-4-5-10(9-11)13-14-17-18-15-13/h1-9H,(H,14,15,17,18)/q-1. The van der Waals surface area contributed by atoms with E-state index in [1.54, 1.807) is 42.5 Å². The smallest absolute Gasteiger partial charge is 0.204 e. The summed E-state index contributed by atoms with van der Waals surface area (Å²) in [6.45, 7) is 0. The summed E-state index contributed by atoms with van der Waals surface area (Å²) in [6, 6.07) is 14.7. The molecule has 21 heavy (non-hydrogen) atoms. The third kappa shape index (κ3) is 2.90. The summed E-state index contributed by atoms with van der Waals surface area (Å²) >= 11 is 0. The van der Waals surface area contributed by atoms with Crippen molar-refractivity contribution in [2.75, 3.05) is 0 Å². The number of aromatic amines is 1. The van der Waals surface area contributed by atoms with E-state index in [9.17, 15) is 8.42 Å². The normalized spacial score (nSPS) is 11.2. The molecule has 1 N–H and O–H groups in total. The fraction of sp³-hybridized carbons (Fsp3) is 0. The van der Waals surface area contributed by atoms with Crippen LogP contribution in [0.2, 0.25) is 0 Å². The number of nitrogens with zero attached hydrogens (tertiary/aromatic N) is 4. The first-order valence-corrected chi connectivity index (χ1v) is 7.46. The Labute approximate surface area is 121 Å². The fourth-order valence-corrected chi connectivity index (χ4v) is 2.77. The van der Waals surface area contributed by atoms with Gasteiger partial charge in [-0.3, -0.25) is 0 Å². The lowest BCUT2D eigenvalue weighted by atomic mass is 10.2. The Morgan fingerprint density at radius 3 is 2.52 bits per heavy atom. The van der Waals surface area contributed by atoms with Gasteiger partial charge in [0.25, 0.3) is 0 Å². The summed E-state index contributed by atoms with van der Waals surface area (Å²) in [5, 5.41) is 13.5. The van der Waals surface area contributed by atoms with Crippen LogP contribution in [0.1, 0.15) is 0 Å². The molecule has 1 aromatic heterocycles. The summed E-state index contributed by atoms with van der Waals surface area (Å²) < 4.78 is 28.2. The molecule has 0 atom stereocenters. The first-order chi connectivity index (χ1) is 10.1. The molecule has 2 aromatic carbocycles.